The van der Waals surface area contributed by atoms with E-state index in [9.17, 15) is 18.5 Å². The number of hydrogen-bond donors (Lipinski definition) is 0. The van der Waals surface area contributed by atoms with Crippen LogP contribution in [0.3, 0.4) is 0 Å². The SMILES string of the molecule is CCCS(=O)(=O)ON=C1C=CC(=C(C#N)c2ccccc2C(=O)OC)C=C1. The maximum Gasteiger partial charge on any atom is 0.338 e. The Hall–Kier alpha value is -3.18. The summed E-state index contributed by atoms with van der Waals surface area (Å²) in [4.78, 5) is 11.9. The van der Waals surface area contributed by atoms with E-state index in [4.69, 9.17) is 4.74 Å². The number of oxime groups is 1. The molecule has 7 nitrogen and oxygen atoms in total. The Balaban J connectivity index is 2.34. The van der Waals surface area contributed by atoms with Gasteiger partial charge in [0.1, 0.15) is 11.8 Å². The molecular weight excluding hydrogens is 368 g/mol. The van der Waals surface area contributed by atoms with Gasteiger partial charge in [0.05, 0.1) is 24.0 Å². The number of hydrogen-bond acceptors (Lipinski definition) is 7. The highest BCUT2D eigenvalue weighted by molar-refractivity contribution is 7.86. The Morgan fingerprint density at radius 2 is 1.78 bits per heavy atom. The van der Waals surface area contributed by atoms with Gasteiger partial charge in [-0.25, -0.2) is 4.79 Å². The fourth-order valence-electron chi connectivity index (χ4n) is 2.35. The average molecular weight is 386 g/mol. The van der Waals surface area contributed by atoms with Crippen molar-refractivity contribution in [1.82, 2.24) is 0 Å². The van der Waals surface area contributed by atoms with Crippen molar-refractivity contribution in [2.24, 2.45) is 5.16 Å². The van der Waals surface area contributed by atoms with Crippen molar-refractivity contribution < 1.29 is 22.2 Å². The number of carbonyl (C=O) groups excluding carboxylic acids is 1. The van der Waals surface area contributed by atoms with Crippen molar-refractivity contribution in [3.63, 3.8) is 0 Å². The summed E-state index contributed by atoms with van der Waals surface area (Å²) in [5.41, 5.74) is 1.83. The largest absolute Gasteiger partial charge is 0.465 e. The Labute approximate surface area is 158 Å². The van der Waals surface area contributed by atoms with Crippen LogP contribution in [0.1, 0.15) is 29.3 Å². The molecule has 0 aliphatic heterocycles. The topological polar surface area (TPSA) is 106 Å². The summed E-state index contributed by atoms with van der Waals surface area (Å²) in [6.45, 7) is 1.72. The first kappa shape index (κ1) is 20.1. The minimum atomic E-state index is -3.70. The van der Waals surface area contributed by atoms with Gasteiger partial charge >= 0.3 is 16.1 Å². The number of benzene rings is 1. The van der Waals surface area contributed by atoms with Crippen LogP contribution in [-0.4, -0.2) is 33.0 Å². The molecule has 1 aliphatic rings. The van der Waals surface area contributed by atoms with Crippen LogP contribution in [0.4, 0.5) is 0 Å². The number of nitrogens with zero attached hydrogens (tertiary/aromatic N) is 2. The van der Waals surface area contributed by atoms with E-state index in [-0.39, 0.29) is 22.6 Å². The molecule has 2 rings (SSSR count). The standard InChI is InChI=1S/C19H18N2O5S/c1-3-12-27(23,24)26-21-15-10-8-14(9-11-15)18(13-20)16-6-4-5-7-17(16)19(22)25-2/h4-11H,3,12H2,1-2H3. The van der Waals surface area contributed by atoms with Gasteiger partial charge in [0.25, 0.3) is 0 Å². The fourth-order valence-corrected chi connectivity index (χ4v) is 3.12. The molecule has 0 saturated heterocycles. The normalized spacial score (nSPS) is 13.1. The molecule has 0 aromatic heterocycles. The summed E-state index contributed by atoms with van der Waals surface area (Å²) < 4.78 is 32.4. The predicted molar refractivity (Wildman–Crippen MR) is 101 cm³/mol. The molecule has 0 unspecified atom stereocenters. The first-order valence-electron chi connectivity index (χ1n) is 8.09. The van der Waals surface area contributed by atoms with Crippen molar-refractivity contribution in [2.75, 3.05) is 12.9 Å². The third-order valence-corrected chi connectivity index (χ3v) is 4.79. The maximum atomic E-state index is 11.9. The minimum Gasteiger partial charge on any atom is -0.465 e. The molecule has 140 valence electrons. The summed E-state index contributed by atoms with van der Waals surface area (Å²) in [5, 5.41) is 13.2. The van der Waals surface area contributed by atoms with E-state index in [1.54, 1.807) is 43.3 Å². The lowest BCUT2D eigenvalue weighted by Gasteiger charge is -2.10. The van der Waals surface area contributed by atoms with Crippen LogP contribution in [0.5, 0.6) is 0 Å². The van der Waals surface area contributed by atoms with Gasteiger partial charge in [-0.05, 0) is 30.2 Å². The molecule has 0 fully saturated rings. The Kier molecular flexibility index (Phi) is 6.68. The van der Waals surface area contributed by atoms with Crippen LogP contribution in [-0.2, 0) is 19.1 Å². The first-order chi connectivity index (χ1) is 12.9. The number of nitriles is 1. The van der Waals surface area contributed by atoms with Crippen LogP contribution in [0, 0.1) is 11.3 Å². The minimum absolute atomic E-state index is 0.120. The van der Waals surface area contributed by atoms with E-state index < -0.39 is 16.1 Å². The molecule has 0 N–H and O–H groups in total. The van der Waals surface area contributed by atoms with Crippen LogP contribution in [0.15, 0.2) is 59.3 Å². The zero-order valence-electron chi connectivity index (χ0n) is 14.9. The highest BCUT2D eigenvalue weighted by Crippen LogP contribution is 2.25. The number of methoxy groups -OCH3 is 1. The van der Waals surface area contributed by atoms with Gasteiger partial charge < -0.3 is 4.74 Å². The molecule has 0 atom stereocenters. The third kappa shape index (κ3) is 5.15. The molecule has 0 spiro atoms. The second kappa shape index (κ2) is 8.96. The zero-order chi connectivity index (χ0) is 19.9. The van der Waals surface area contributed by atoms with Crippen molar-refractivity contribution >= 4 is 27.4 Å². The van der Waals surface area contributed by atoms with Crippen LogP contribution in [0.2, 0.25) is 0 Å². The quantitative estimate of drug-likeness (QED) is 0.423. The molecule has 0 radical (unpaired) electrons. The smallest absolute Gasteiger partial charge is 0.338 e. The van der Waals surface area contributed by atoms with Gasteiger partial charge in [-0.1, -0.05) is 42.4 Å². The molecule has 0 bridgehead atoms. The number of allylic oxidation sites excluding steroid dienone is 6. The van der Waals surface area contributed by atoms with E-state index >= 15 is 0 Å². The predicted octanol–water partition coefficient (Wildman–Crippen LogP) is 2.99. The van der Waals surface area contributed by atoms with Crippen molar-refractivity contribution in [3.8, 4) is 6.07 Å². The highest BCUT2D eigenvalue weighted by atomic mass is 32.2. The Bertz CT molecular complexity index is 977. The van der Waals surface area contributed by atoms with Gasteiger partial charge in [-0.3, -0.25) is 4.28 Å². The molecule has 0 saturated carbocycles. The molecule has 1 aliphatic carbocycles. The molecular formula is C19H18N2O5S. The number of ether oxygens (including phenoxy) is 1. The van der Waals surface area contributed by atoms with E-state index in [0.29, 0.717) is 17.6 Å². The van der Waals surface area contributed by atoms with Crippen LogP contribution >= 0.6 is 0 Å². The van der Waals surface area contributed by atoms with Gasteiger partial charge in [-0.15, -0.1) is 0 Å². The Morgan fingerprint density at radius 1 is 1.15 bits per heavy atom. The summed E-state index contributed by atoms with van der Waals surface area (Å²) in [6.07, 6.45) is 6.67. The zero-order valence-corrected chi connectivity index (χ0v) is 15.7. The second-order valence-electron chi connectivity index (χ2n) is 5.50. The summed E-state index contributed by atoms with van der Waals surface area (Å²) >= 11 is 0. The van der Waals surface area contributed by atoms with E-state index in [1.807, 2.05) is 0 Å². The van der Waals surface area contributed by atoms with Crippen molar-refractivity contribution in [2.45, 2.75) is 13.3 Å². The number of esters is 1. The first-order valence-corrected chi connectivity index (χ1v) is 9.67. The molecule has 0 amide bonds. The maximum absolute atomic E-state index is 11.9. The van der Waals surface area contributed by atoms with E-state index in [0.717, 1.165) is 0 Å². The van der Waals surface area contributed by atoms with Crippen molar-refractivity contribution in [3.05, 3.63) is 65.3 Å². The third-order valence-electron chi connectivity index (χ3n) is 3.58. The summed E-state index contributed by atoms with van der Waals surface area (Å²) in [5.74, 6) is -0.662. The number of carbonyl (C=O) groups is 1. The van der Waals surface area contributed by atoms with Crippen molar-refractivity contribution in [1.29, 1.82) is 5.26 Å². The molecule has 0 heterocycles. The summed E-state index contributed by atoms with van der Waals surface area (Å²) in [7, 11) is -2.43. The number of rotatable bonds is 6. The molecule has 1 aromatic rings. The van der Waals surface area contributed by atoms with E-state index in [2.05, 4.69) is 15.5 Å². The average Bonchev–Trinajstić information content (AvgIpc) is 2.68. The van der Waals surface area contributed by atoms with Gasteiger partial charge in [0.2, 0.25) is 0 Å². The lowest BCUT2D eigenvalue weighted by molar-refractivity contribution is 0.0600. The molecule has 27 heavy (non-hydrogen) atoms. The highest BCUT2D eigenvalue weighted by Gasteiger charge is 2.17. The monoisotopic (exact) mass is 386 g/mol. The lowest BCUT2D eigenvalue weighted by Crippen LogP contribution is -2.08. The van der Waals surface area contributed by atoms with Crippen LogP contribution < -0.4 is 0 Å². The Morgan fingerprint density at radius 3 is 2.33 bits per heavy atom. The lowest BCUT2D eigenvalue weighted by atomic mass is 9.94. The van der Waals surface area contributed by atoms with Gasteiger partial charge in [-0.2, -0.15) is 13.7 Å². The van der Waals surface area contributed by atoms with Crippen LogP contribution in [0.25, 0.3) is 5.57 Å². The van der Waals surface area contributed by atoms with Gasteiger partial charge in [0.15, 0.2) is 0 Å². The molecule has 1 aromatic carbocycles. The summed E-state index contributed by atoms with van der Waals surface area (Å²) in [6, 6.07) is 8.73. The molecule has 8 heteroatoms. The second-order valence-corrected chi connectivity index (χ2v) is 7.17. The van der Waals surface area contributed by atoms with Gasteiger partial charge in [0, 0.05) is 5.56 Å². The van der Waals surface area contributed by atoms with E-state index in [1.165, 1.54) is 19.3 Å². The fraction of sp³-hybridized carbons (Fsp3) is 0.211.